The number of hydrogen-bond donors (Lipinski definition) is 2. The first-order valence-electron chi connectivity index (χ1n) is 5.46. The van der Waals surface area contributed by atoms with Crippen LogP contribution in [0.2, 0.25) is 0 Å². The van der Waals surface area contributed by atoms with Crippen molar-refractivity contribution in [2.75, 3.05) is 19.6 Å². The number of carbonyl (C=O) groups excluding carboxylic acids is 1. The molecule has 0 spiro atoms. The summed E-state index contributed by atoms with van der Waals surface area (Å²) in [5.41, 5.74) is 5.66. The number of carbonyl (C=O) groups is 1. The van der Waals surface area contributed by atoms with Crippen molar-refractivity contribution in [1.29, 1.82) is 0 Å². The Morgan fingerprint density at radius 2 is 2.29 bits per heavy atom. The zero-order valence-corrected chi connectivity index (χ0v) is 8.70. The van der Waals surface area contributed by atoms with Gasteiger partial charge in [-0.15, -0.1) is 0 Å². The van der Waals surface area contributed by atoms with Crippen LogP contribution in [0.15, 0.2) is 0 Å². The molecule has 1 heterocycles. The van der Waals surface area contributed by atoms with E-state index in [-0.39, 0.29) is 11.9 Å². The van der Waals surface area contributed by atoms with Gasteiger partial charge in [-0.25, -0.2) is 0 Å². The minimum Gasteiger partial charge on any atom is -0.354 e. The van der Waals surface area contributed by atoms with Crippen LogP contribution in [0.3, 0.4) is 0 Å². The summed E-state index contributed by atoms with van der Waals surface area (Å²) in [5, 5.41) is 2.95. The third-order valence-corrected chi connectivity index (χ3v) is 3.09. The fourth-order valence-electron chi connectivity index (χ4n) is 2.15. The topological polar surface area (TPSA) is 58.4 Å². The standard InChI is InChI=1S/C10H19N3O/c1-7-5-12-10(14)9(4-11)13(6-7)8-2-3-8/h7-9H,2-6,11H2,1H3,(H,12,14). The summed E-state index contributed by atoms with van der Waals surface area (Å²) < 4.78 is 0. The SMILES string of the molecule is CC1CNC(=O)C(CN)N(C2CC2)C1. The van der Waals surface area contributed by atoms with Crippen molar-refractivity contribution in [2.24, 2.45) is 11.7 Å². The molecule has 1 aliphatic carbocycles. The van der Waals surface area contributed by atoms with E-state index >= 15 is 0 Å². The Morgan fingerprint density at radius 3 is 2.86 bits per heavy atom. The molecular formula is C10H19N3O. The van der Waals surface area contributed by atoms with Crippen molar-refractivity contribution in [3.05, 3.63) is 0 Å². The van der Waals surface area contributed by atoms with Gasteiger partial charge in [-0.05, 0) is 18.8 Å². The Bertz CT molecular complexity index is 227. The molecule has 14 heavy (non-hydrogen) atoms. The van der Waals surface area contributed by atoms with Crippen molar-refractivity contribution in [3.8, 4) is 0 Å². The van der Waals surface area contributed by atoms with Gasteiger partial charge in [0.15, 0.2) is 0 Å². The number of nitrogens with zero attached hydrogens (tertiary/aromatic N) is 1. The summed E-state index contributed by atoms with van der Waals surface area (Å²) in [4.78, 5) is 14.0. The van der Waals surface area contributed by atoms with Gasteiger partial charge in [0.25, 0.3) is 0 Å². The van der Waals surface area contributed by atoms with E-state index in [0.717, 1.165) is 13.1 Å². The number of rotatable bonds is 2. The van der Waals surface area contributed by atoms with Gasteiger partial charge in [0.1, 0.15) is 6.04 Å². The van der Waals surface area contributed by atoms with E-state index in [1.807, 2.05) is 0 Å². The van der Waals surface area contributed by atoms with Gasteiger partial charge in [-0.1, -0.05) is 6.92 Å². The molecule has 2 unspecified atom stereocenters. The molecule has 2 rings (SSSR count). The largest absolute Gasteiger partial charge is 0.354 e. The van der Waals surface area contributed by atoms with Gasteiger partial charge in [0, 0.05) is 25.7 Å². The highest BCUT2D eigenvalue weighted by atomic mass is 16.2. The van der Waals surface area contributed by atoms with Crippen LogP contribution in [0.1, 0.15) is 19.8 Å². The van der Waals surface area contributed by atoms with Crippen LogP contribution < -0.4 is 11.1 Å². The van der Waals surface area contributed by atoms with E-state index in [4.69, 9.17) is 5.73 Å². The molecule has 80 valence electrons. The molecule has 0 radical (unpaired) electrons. The van der Waals surface area contributed by atoms with Crippen molar-refractivity contribution >= 4 is 5.91 Å². The quantitative estimate of drug-likeness (QED) is 0.630. The molecule has 1 saturated heterocycles. The predicted octanol–water partition coefficient (Wildman–Crippen LogP) is -0.456. The maximum Gasteiger partial charge on any atom is 0.238 e. The van der Waals surface area contributed by atoms with E-state index < -0.39 is 0 Å². The molecule has 2 aliphatic rings. The molecule has 0 aromatic heterocycles. The second-order valence-electron chi connectivity index (χ2n) is 4.53. The maximum absolute atomic E-state index is 11.7. The van der Waals surface area contributed by atoms with Gasteiger partial charge in [0.05, 0.1) is 0 Å². The molecule has 3 N–H and O–H groups in total. The van der Waals surface area contributed by atoms with Crippen LogP contribution in [-0.2, 0) is 4.79 Å². The summed E-state index contributed by atoms with van der Waals surface area (Å²) in [7, 11) is 0. The molecule has 0 bridgehead atoms. The molecule has 1 amide bonds. The Hall–Kier alpha value is -0.610. The first-order chi connectivity index (χ1) is 6.72. The van der Waals surface area contributed by atoms with Crippen molar-refractivity contribution in [2.45, 2.75) is 31.8 Å². The average Bonchev–Trinajstić information content (AvgIpc) is 2.96. The third kappa shape index (κ3) is 1.91. The molecule has 2 atom stereocenters. The predicted molar refractivity (Wildman–Crippen MR) is 54.7 cm³/mol. The third-order valence-electron chi connectivity index (χ3n) is 3.09. The Morgan fingerprint density at radius 1 is 1.57 bits per heavy atom. The van der Waals surface area contributed by atoms with Crippen LogP contribution in [0.25, 0.3) is 0 Å². The second-order valence-corrected chi connectivity index (χ2v) is 4.53. The first kappa shape index (κ1) is 9.93. The lowest BCUT2D eigenvalue weighted by Crippen LogP contribution is -2.49. The molecule has 1 aliphatic heterocycles. The minimum atomic E-state index is -0.0903. The highest BCUT2D eigenvalue weighted by Crippen LogP contribution is 2.30. The van der Waals surface area contributed by atoms with Gasteiger partial charge < -0.3 is 11.1 Å². The smallest absolute Gasteiger partial charge is 0.238 e. The number of nitrogens with one attached hydrogen (secondary N) is 1. The van der Waals surface area contributed by atoms with Crippen molar-refractivity contribution in [3.63, 3.8) is 0 Å². The zero-order chi connectivity index (χ0) is 10.1. The summed E-state index contributed by atoms with van der Waals surface area (Å²) in [6.45, 7) is 4.41. The van der Waals surface area contributed by atoms with Crippen LogP contribution in [0, 0.1) is 5.92 Å². The fraction of sp³-hybridized carbons (Fsp3) is 0.900. The Balaban J connectivity index is 2.10. The molecule has 4 nitrogen and oxygen atoms in total. The monoisotopic (exact) mass is 197 g/mol. The molecule has 2 fully saturated rings. The molecule has 1 saturated carbocycles. The fourth-order valence-corrected chi connectivity index (χ4v) is 2.15. The summed E-state index contributed by atoms with van der Waals surface area (Å²) in [6, 6.07) is 0.530. The lowest BCUT2D eigenvalue weighted by atomic mass is 10.1. The molecule has 0 aromatic rings. The van der Waals surface area contributed by atoms with Gasteiger partial charge in [-0.2, -0.15) is 0 Å². The number of hydrogen-bond acceptors (Lipinski definition) is 3. The summed E-state index contributed by atoms with van der Waals surface area (Å²) in [5.74, 6) is 0.653. The van der Waals surface area contributed by atoms with Gasteiger partial charge in [-0.3, -0.25) is 9.69 Å². The van der Waals surface area contributed by atoms with E-state index in [1.54, 1.807) is 0 Å². The summed E-state index contributed by atoms with van der Waals surface area (Å²) >= 11 is 0. The molecular weight excluding hydrogens is 178 g/mol. The maximum atomic E-state index is 11.7. The zero-order valence-electron chi connectivity index (χ0n) is 8.70. The molecule has 0 aromatic carbocycles. The van der Waals surface area contributed by atoms with Crippen LogP contribution in [0.5, 0.6) is 0 Å². The first-order valence-corrected chi connectivity index (χ1v) is 5.46. The van der Waals surface area contributed by atoms with E-state index in [1.165, 1.54) is 12.8 Å². The van der Waals surface area contributed by atoms with E-state index in [9.17, 15) is 4.79 Å². The Kier molecular flexibility index (Phi) is 2.74. The highest BCUT2D eigenvalue weighted by molar-refractivity contribution is 5.82. The molecule has 4 heteroatoms. The lowest BCUT2D eigenvalue weighted by molar-refractivity contribution is -0.125. The Labute approximate surface area is 84.8 Å². The van der Waals surface area contributed by atoms with Crippen LogP contribution in [-0.4, -0.2) is 42.5 Å². The number of nitrogens with two attached hydrogens (primary N) is 1. The highest BCUT2D eigenvalue weighted by Gasteiger charge is 2.38. The van der Waals surface area contributed by atoms with Crippen molar-refractivity contribution < 1.29 is 4.79 Å². The van der Waals surface area contributed by atoms with Crippen LogP contribution in [0.4, 0.5) is 0 Å². The second kappa shape index (κ2) is 3.87. The van der Waals surface area contributed by atoms with E-state index in [2.05, 4.69) is 17.1 Å². The van der Waals surface area contributed by atoms with Crippen LogP contribution >= 0.6 is 0 Å². The average molecular weight is 197 g/mol. The number of amides is 1. The summed E-state index contributed by atoms with van der Waals surface area (Å²) in [6.07, 6.45) is 2.47. The van der Waals surface area contributed by atoms with Gasteiger partial charge in [0.2, 0.25) is 5.91 Å². The normalized spacial score (nSPS) is 35.1. The minimum absolute atomic E-state index is 0.0903. The van der Waals surface area contributed by atoms with E-state index in [0.29, 0.717) is 18.5 Å². The van der Waals surface area contributed by atoms with Gasteiger partial charge >= 0.3 is 0 Å². The lowest BCUT2D eigenvalue weighted by Gasteiger charge is -2.28. The van der Waals surface area contributed by atoms with Crippen molar-refractivity contribution in [1.82, 2.24) is 10.2 Å².